The lowest BCUT2D eigenvalue weighted by Crippen LogP contribution is -2.33. The second-order valence-corrected chi connectivity index (χ2v) is 4.91. The summed E-state index contributed by atoms with van der Waals surface area (Å²) in [7, 11) is 0. The molecule has 0 aliphatic carbocycles. The molecule has 0 fully saturated rings. The van der Waals surface area contributed by atoms with Gasteiger partial charge in [-0.3, -0.25) is 0 Å². The van der Waals surface area contributed by atoms with Gasteiger partial charge in [-0.25, -0.2) is 13.6 Å². The molecule has 1 atom stereocenters. The predicted octanol–water partition coefficient (Wildman–Crippen LogP) is 2.68. The lowest BCUT2D eigenvalue weighted by atomic mass is 10.1. The summed E-state index contributed by atoms with van der Waals surface area (Å²) >= 11 is 0. The molecule has 0 radical (unpaired) electrons. The van der Waals surface area contributed by atoms with Crippen molar-refractivity contribution in [3.8, 4) is 0 Å². The van der Waals surface area contributed by atoms with Crippen LogP contribution in [0.5, 0.6) is 0 Å². The smallest absolute Gasteiger partial charge is 0.319 e. The third-order valence-corrected chi connectivity index (χ3v) is 3.28. The van der Waals surface area contributed by atoms with Crippen LogP contribution in [0, 0.1) is 18.6 Å². The summed E-state index contributed by atoms with van der Waals surface area (Å²) in [5.74, 6) is -1.23. The Morgan fingerprint density at radius 2 is 2.04 bits per heavy atom. The molecule has 0 saturated heterocycles. The van der Waals surface area contributed by atoms with Crippen molar-refractivity contribution >= 4 is 11.7 Å². The number of hydrogen-bond acceptors (Lipinski definition) is 4. The van der Waals surface area contributed by atoms with E-state index in [1.165, 1.54) is 6.07 Å². The van der Waals surface area contributed by atoms with Crippen LogP contribution in [-0.2, 0) is 6.42 Å². The van der Waals surface area contributed by atoms with Crippen LogP contribution in [0.2, 0.25) is 0 Å². The number of anilines is 1. The van der Waals surface area contributed by atoms with Gasteiger partial charge in [0.15, 0.2) is 5.76 Å². The number of urea groups is 1. The Balaban J connectivity index is 1.98. The lowest BCUT2D eigenvalue weighted by molar-refractivity contribution is 0.166. The summed E-state index contributed by atoms with van der Waals surface area (Å²) in [5.41, 5.74) is 0.470. The van der Waals surface area contributed by atoms with Crippen molar-refractivity contribution in [2.24, 2.45) is 0 Å². The van der Waals surface area contributed by atoms with E-state index in [1.54, 1.807) is 6.92 Å². The zero-order valence-electron chi connectivity index (χ0n) is 12.7. The Morgan fingerprint density at radius 1 is 1.39 bits per heavy atom. The summed E-state index contributed by atoms with van der Waals surface area (Å²) in [6.07, 6.45) is -0.962. The van der Waals surface area contributed by atoms with Crippen LogP contribution in [0.15, 0.2) is 22.7 Å². The molecule has 1 unspecified atom stereocenters. The quantitative estimate of drug-likeness (QED) is 0.789. The van der Waals surface area contributed by atoms with Crippen LogP contribution in [0.3, 0.4) is 0 Å². The third-order valence-electron chi connectivity index (χ3n) is 3.28. The SMILES string of the molecule is CCc1onc(C)c1NC(=O)NCC(O)c1c(F)cccc1F. The molecule has 6 nitrogen and oxygen atoms in total. The number of rotatable bonds is 5. The average Bonchev–Trinajstić information content (AvgIpc) is 2.85. The van der Waals surface area contributed by atoms with Crippen LogP contribution in [0.25, 0.3) is 0 Å². The monoisotopic (exact) mass is 325 g/mol. The van der Waals surface area contributed by atoms with Gasteiger partial charge in [-0.15, -0.1) is 0 Å². The first-order chi connectivity index (χ1) is 10.9. The first-order valence-corrected chi connectivity index (χ1v) is 7.06. The molecular formula is C15H17F2N3O3. The first-order valence-electron chi connectivity index (χ1n) is 7.06. The van der Waals surface area contributed by atoms with Gasteiger partial charge >= 0.3 is 6.03 Å². The number of benzene rings is 1. The Labute approximate surface area is 131 Å². The van der Waals surface area contributed by atoms with Gasteiger partial charge < -0.3 is 20.3 Å². The van der Waals surface area contributed by atoms with Gasteiger partial charge in [0, 0.05) is 13.0 Å². The van der Waals surface area contributed by atoms with Gasteiger partial charge in [0.2, 0.25) is 0 Å². The van der Waals surface area contributed by atoms with Gasteiger partial charge in [0.1, 0.15) is 29.1 Å². The van der Waals surface area contributed by atoms with Crippen molar-refractivity contribution in [3.63, 3.8) is 0 Å². The van der Waals surface area contributed by atoms with E-state index in [0.717, 1.165) is 12.1 Å². The minimum Gasteiger partial charge on any atom is -0.386 e. The fourth-order valence-electron chi connectivity index (χ4n) is 2.10. The highest BCUT2D eigenvalue weighted by molar-refractivity contribution is 5.90. The van der Waals surface area contributed by atoms with E-state index >= 15 is 0 Å². The second-order valence-electron chi connectivity index (χ2n) is 4.91. The van der Waals surface area contributed by atoms with E-state index in [9.17, 15) is 18.7 Å². The number of aryl methyl sites for hydroxylation is 2. The summed E-state index contributed by atoms with van der Waals surface area (Å²) in [6, 6.07) is 2.63. The largest absolute Gasteiger partial charge is 0.386 e. The standard InChI is InChI=1S/C15H17F2N3O3/c1-3-12-14(8(2)20-23-12)19-15(22)18-7-11(21)13-9(16)5-4-6-10(13)17/h4-6,11,21H,3,7H2,1-2H3,(H2,18,19,22). The lowest BCUT2D eigenvalue weighted by Gasteiger charge is -2.14. The van der Waals surface area contributed by atoms with E-state index in [2.05, 4.69) is 15.8 Å². The Hall–Kier alpha value is -2.48. The number of nitrogens with one attached hydrogen (secondary N) is 2. The maximum absolute atomic E-state index is 13.5. The minimum absolute atomic E-state index is 0.352. The molecule has 0 aliphatic rings. The fourth-order valence-corrected chi connectivity index (χ4v) is 2.10. The van der Waals surface area contributed by atoms with Crippen LogP contribution in [-0.4, -0.2) is 22.8 Å². The molecular weight excluding hydrogens is 308 g/mol. The summed E-state index contributed by atoms with van der Waals surface area (Å²) in [4.78, 5) is 11.8. The Morgan fingerprint density at radius 3 is 2.65 bits per heavy atom. The predicted molar refractivity (Wildman–Crippen MR) is 79.0 cm³/mol. The van der Waals surface area contributed by atoms with Crippen molar-refractivity contribution in [1.82, 2.24) is 10.5 Å². The third kappa shape index (κ3) is 3.84. The molecule has 23 heavy (non-hydrogen) atoms. The van der Waals surface area contributed by atoms with E-state index < -0.39 is 29.3 Å². The van der Waals surface area contributed by atoms with E-state index in [-0.39, 0.29) is 6.54 Å². The Bertz CT molecular complexity index is 683. The molecule has 1 heterocycles. The van der Waals surface area contributed by atoms with E-state index in [1.807, 2.05) is 6.92 Å². The molecule has 2 amide bonds. The second kappa shape index (κ2) is 7.19. The van der Waals surface area contributed by atoms with Crippen LogP contribution < -0.4 is 10.6 Å². The zero-order valence-corrected chi connectivity index (χ0v) is 12.7. The van der Waals surface area contributed by atoms with Crippen LogP contribution >= 0.6 is 0 Å². The molecule has 124 valence electrons. The number of halogens is 2. The average molecular weight is 325 g/mol. The molecule has 1 aromatic heterocycles. The van der Waals surface area contributed by atoms with Gasteiger partial charge in [0.25, 0.3) is 0 Å². The zero-order chi connectivity index (χ0) is 17.0. The van der Waals surface area contributed by atoms with Crippen molar-refractivity contribution in [3.05, 3.63) is 46.9 Å². The van der Waals surface area contributed by atoms with E-state index in [4.69, 9.17) is 4.52 Å². The van der Waals surface area contributed by atoms with Crippen molar-refractivity contribution in [1.29, 1.82) is 0 Å². The highest BCUT2D eigenvalue weighted by atomic mass is 19.1. The number of carbonyl (C=O) groups excluding carboxylic acids is 1. The number of amides is 2. The number of aliphatic hydroxyl groups is 1. The molecule has 3 N–H and O–H groups in total. The van der Waals surface area contributed by atoms with Crippen LogP contribution in [0.1, 0.15) is 30.0 Å². The van der Waals surface area contributed by atoms with Crippen LogP contribution in [0.4, 0.5) is 19.3 Å². The van der Waals surface area contributed by atoms with Gasteiger partial charge in [-0.2, -0.15) is 0 Å². The maximum Gasteiger partial charge on any atom is 0.319 e. The van der Waals surface area contributed by atoms with Gasteiger partial charge in [0.05, 0.1) is 5.56 Å². The number of aromatic nitrogens is 1. The highest BCUT2D eigenvalue weighted by Gasteiger charge is 2.19. The highest BCUT2D eigenvalue weighted by Crippen LogP contribution is 2.21. The maximum atomic E-state index is 13.5. The molecule has 0 bridgehead atoms. The number of aliphatic hydroxyl groups excluding tert-OH is 1. The van der Waals surface area contributed by atoms with Gasteiger partial charge in [-0.05, 0) is 19.1 Å². The molecule has 0 saturated carbocycles. The number of carbonyl (C=O) groups is 1. The topological polar surface area (TPSA) is 87.4 Å². The molecule has 8 heteroatoms. The molecule has 1 aromatic carbocycles. The summed E-state index contributed by atoms with van der Waals surface area (Å²) in [6.45, 7) is 3.16. The molecule has 2 aromatic rings. The summed E-state index contributed by atoms with van der Waals surface area (Å²) < 4.78 is 32.1. The minimum atomic E-state index is -1.50. The van der Waals surface area contributed by atoms with Crippen molar-refractivity contribution < 1.29 is 23.2 Å². The van der Waals surface area contributed by atoms with Gasteiger partial charge in [-0.1, -0.05) is 18.1 Å². The number of hydrogen-bond donors (Lipinski definition) is 3. The normalized spacial score (nSPS) is 12.0. The van der Waals surface area contributed by atoms with E-state index in [0.29, 0.717) is 23.6 Å². The van der Waals surface area contributed by atoms with Crippen molar-refractivity contribution in [2.45, 2.75) is 26.4 Å². The first kappa shape index (κ1) is 16.9. The Kier molecular flexibility index (Phi) is 5.28. The molecule has 2 rings (SSSR count). The van der Waals surface area contributed by atoms with Crippen molar-refractivity contribution in [2.75, 3.05) is 11.9 Å². The molecule has 0 aliphatic heterocycles. The number of nitrogens with zero attached hydrogens (tertiary/aromatic N) is 1. The fraction of sp³-hybridized carbons (Fsp3) is 0.333. The summed E-state index contributed by atoms with van der Waals surface area (Å²) in [5, 5.41) is 18.5. The molecule has 0 spiro atoms.